The molecule has 4 rings (SSSR count). The first-order valence-electron chi connectivity index (χ1n) is 9.03. The zero-order chi connectivity index (χ0) is 21.7. The number of ether oxygens (including phenoxy) is 2. The third-order valence-corrected chi connectivity index (χ3v) is 6.58. The van der Waals surface area contributed by atoms with Crippen LogP contribution >= 0.6 is 15.9 Å². The van der Waals surface area contributed by atoms with Crippen molar-refractivity contribution in [2.75, 3.05) is 0 Å². The Bertz CT molecular complexity index is 1170. The van der Waals surface area contributed by atoms with E-state index in [2.05, 4.69) is 15.9 Å². The van der Waals surface area contributed by atoms with Crippen molar-refractivity contribution in [3.8, 4) is 18.2 Å². The van der Waals surface area contributed by atoms with Gasteiger partial charge >= 0.3 is 0 Å². The van der Waals surface area contributed by atoms with Gasteiger partial charge in [0, 0.05) is 15.6 Å². The Morgan fingerprint density at radius 2 is 1.73 bits per heavy atom. The molecule has 2 aliphatic heterocycles. The highest BCUT2D eigenvalue weighted by Gasteiger charge is 2.79. The molecule has 2 aliphatic rings. The van der Waals surface area contributed by atoms with Crippen LogP contribution in [0.4, 0.5) is 4.39 Å². The van der Waals surface area contributed by atoms with E-state index in [1.807, 2.05) is 18.2 Å². The first-order chi connectivity index (χ1) is 14.3. The van der Waals surface area contributed by atoms with Crippen LogP contribution in [0.3, 0.4) is 0 Å². The average Bonchev–Trinajstić information content (AvgIpc) is 2.92. The van der Waals surface area contributed by atoms with Gasteiger partial charge in [-0.1, -0.05) is 53.2 Å². The number of hydrogen-bond acceptors (Lipinski definition) is 6. The van der Waals surface area contributed by atoms with Crippen LogP contribution in [0.15, 0.2) is 53.0 Å². The Labute approximate surface area is 180 Å². The Morgan fingerprint density at radius 1 is 1.07 bits per heavy atom. The lowest BCUT2D eigenvalue weighted by Crippen LogP contribution is -2.57. The molecule has 2 aromatic rings. The molecule has 2 aromatic carbocycles. The summed E-state index contributed by atoms with van der Waals surface area (Å²) in [5.41, 5.74) is -3.75. The summed E-state index contributed by atoms with van der Waals surface area (Å²) in [6.45, 7) is 1.61. The van der Waals surface area contributed by atoms with Crippen LogP contribution in [-0.2, 0) is 15.3 Å². The van der Waals surface area contributed by atoms with Crippen molar-refractivity contribution < 1.29 is 13.9 Å². The van der Waals surface area contributed by atoms with E-state index in [0.717, 1.165) is 0 Å². The molecular weight excluding hydrogens is 451 g/mol. The number of nitrogens with one attached hydrogen (secondary N) is 1. The van der Waals surface area contributed by atoms with Crippen molar-refractivity contribution in [3.63, 3.8) is 0 Å². The highest BCUT2D eigenvalue weighted by molar-refractivity contribution is 9.10. The maximum absolute atomic E-state index is 14.9. The second-order valence-corrected chi connectivity index (χ2v) is 8.22. The molecule has 148 valence electrons. The van der Waals surface area contributed by atoms with Gasteiger partial charge in [0.15, 0.2) is 5.41 Å². The van der Waals surface area contributed by atoms with Crippen LogP contribution in [0.25, 0.3) is 0 Å². The molecule has 0 aromatic heterocycles. The van der Waals surface area contributed by atoms with E-state index < -0.39 is 40.4 Å². The zero-order valence-electron chi connectivity index (χ0n) is 15.7. The van der Waals surface area contributed by atoms with Crippen LogP contribution in [0.2, 0.25) is 0 Å². The lowest BCUT2D eigenvalue weighted by atomic mass is 9.53. The normalized spacial score (nSPS) is 31.1. The molecule has 2 fully saturated rings. The number of rotatable bonds is 2. The maximum atomic E-state index is 14.9. The van der Waals surface area contributed by atoms with E-state index in [1.165, 1.54) is 18.2 Å². The fourth-order valence-corrected chi connectivity index (χ4v) is 4.91. The molecule has 1 N–H and O–H groups in total. The lowest BCUT2D eigenvalue weighted by Gasteiger charge is -2.48. The molecule has 6 nitrogen and oxygen atoms in total. The van der Waals surface area contributed by atoms with E-state index in [-0.39, 0.29) is 5.56 Å². The zero-order valence-corrected chi connectivity index (χ0v) is 17.3. The summed E-state index contributed by atoms with van der Waals surface area (Å²) >= 11 is 3.28. The molecule has 2 heterocycles. The molecule has 0 radical (unpaired) electrons. The first-order valence-corrected chi connectivity index (χ1v) is 9.82. The minimum Gasteiger partial charge on any atom is -0.443 e. The van der Waals surface area contributed by atoms with Gasteiger partial charge in [-0.3, -0.25) is 5.41 Å². The summed E-state index contributed by atoms with van der Waals surface area (Å²) in [5.74, 6) is -3.77. The predicted molar refractivity (Wildman–Crippen MR) is 106 cm³/mol. The summed E-state index contributed by atoms with van der Waals surface area (Å²) < 4.78 is 27.5. The van der Waals surface area contributed by atoms with Gasteiger partial charge in [-0.25, -0.2) is 4.39 Å². The highest BCUT2D eigenvalue weighted by atomic mass is 79.9. The topological polar surface area (TPSA) is 114 Å². The minimum absolute atomic E-state index is 0.0717. The number of benzene rings is 2. The molecule has 4 unspecified atom stereocenters. The van der Waals surface area contributed by atoms with E-state index in [9.17, 15) is 20.2 Å². The van der Waals surface area contributed by atoms with Crippen molar-refractivity contribution in [1.82, 2.24) is 0 Å². The van der Waals surface area contributed by atoms with Crippen molar-refractivity contribution in [3.05, 3.63) is 69.9 Å². The van der Waals surface area contributed by atoms with Gasteiger partial charge in [-0.15, -0.1) is 0 Å². The number of halogens is 2. The van der Waals surface area contributed by atoms with Crippen molar-refractivity contribution in [2.24, 2.45) is 16.7 Å². The van der Waals surface area contributed by atoms with Crippen LogP contribution in [0.1, 0.15) is 24.2 Å². The van der Waals surface area contributed by atoms with Crippen molar-refractivity contribution in [2.45, 2.75) is 18.8 Å². The number of nitrogens with zero attached hydrogens (tertiary/aromatic N) is 3. The summed E-state index contributed by atoms with van der Waals surface area (Å²) in [6.07, 6.45) is -1.48. The van der Waals surface area contributed by atoms with Crippen molar-refractivity contribution >= 4 is 21.8 Å². The Kier molecular flexibility index (Phi) is 4.43. The summed E-state index contributed by atoms with van der Waals surface area (Å²) in [6, 6.07) is 18.6. The number of hydrogen-bond donors (Lipinski definition) is 1. The Balaban J connectivity index is 2.08. The molecule has 2 saturated heterocycles. The molecule has 0 spiro atoms. The predicted octanol–water partition coefficient (Wildman–Crippen LogP) is 4.70. The van der Waals surface area contributed by atoms with Gasteiger partial charge in [-0.2, -0.15) is 15.8 Å². The van der Waals surface area contributed by atoms with Crippen LogP contribution < -0.4 is 0 Å². The lowest BCUT2D eigenvalue weighted by molar-refractivity contribution is -0.289. The highest BCUT2D eigenvalue weighted by Crippen LogP contribution is 2.69. The van der Waals surface area contributed by atoms with E-state index in [4.69, 9.17) is 14.9 Å². The SMILES string of the molecule is CC1C2(c3ccccc3)OC(=N)C1(C#N)C(C#N)(C#N)C(c1cc(Br)ccc1F)O2. The molecule has 0 amide bonds. The van der Waals surface area contributed by atoms with E-state index in [0.29, 0.717) is 10.0 Å². The average molecular weight is 465 g/mol. The van der Waals surface area contributed by atoms with Gasteiger partial charge in [0.2, 0.25) is 17.1 Å². The van der Waals surface area contributed by atoms with Crippen LogP contribution in [0, 0.1) is 62.0 Å². The summed E-state index contributed by atoms with van der Waals surface area (Å²) in [4.78, 5) is 0. The third kappa shape index (κ3) is 2.20. The van der Waals surface area contributed by atoms with E-state index >= 15 is 0 Å². The first kappa shape index (κ1) is 20.0. The fourth-order valence-electron chi connectivity index (χ4n) is 4.53. The van der Waals surface area contributed by atoms with Crippen LogP contribution in [0.5, 0.6) is 0 Å². The van der Waals surface area contributed by atoms with Gasteiger partial charge in [0.1, 0.15) is 11.9 Å². The fraction of sp³-hybridized carbons (Fsp3) is 0.273. The van der Waals surface area contributed by atoms with Gasteiger partial charge in [0.25, 0.3) is 0 Å². The molecule has 2 bridgehead atoms. The molecular formula is C22H14BrFN4O2. The number of fused-ring (bicyclic) bond motifs is 2. The van der Waals surface area contributed by atoms with Crippen LogP contribution in [-0.4, -0.2) is 5.90 Å². The molecule has 0 saturated carbocycles. The van der Waals surface area contributed by atoms with Gasteiger partial charge < -0.3 is 9.47 Å². The second-order valence-electron chi connectivity index (χ2n) is 7.30. The monoisotopic (exact) mass is 464 g/mol. The maximum Gasteiger partial charge on any atom is 0.244 e. The Hall–Kier alpha value is -3.25. The molecule has 30 heavy (non-hydrogen) atoms. The van der Waals surface area contributed by atoms with Gasteiger partial charge in [-0.05, 0) is 18.2 Å². The molecule has 0 aliphatic carbocycles. The molecule has 8 heteroatoms. The standard InChI is InChI=1S/C22H14BrFN4O2/c1-13-21(12-27)19(28)30-22(13,14-5-3-2-4-6-14)29-18(20(21,10-25)11-26)16-9-15(23)7-8-17(16)24/h2-9,13,18,28H,1H3. The molecule has 4 atom stereocenters. The smallest absolute Gasteiger partial charge is 0.244 e. The number of nitriles is 3. The van der Waals surface area contributed by atoms with Crippen molar-refractivity contribution in [1.29, 1.82) is 21.2 Å². The summed E-state index contributed by atoms with van der Waals surface area (Å²) in [7, 11) is 0. The minimum atomic E-state index is -2.21. The second kappa shape index (κ2) is 6.64. The quantitative estimate of drug-likeness (QED) is 0.691. The Morgan fingerprint density at radius 3 is 2.33 bits per heavy atom. The summed E-state index contributed by atoms with van der Waals surface area (Å²) in [5, 5.41) is 39.0. The largest absolute Gasteiger partial charge is 0.443 e. The van der Waals surface area contributed by atoms with Gasteiger partial charge in [0.05, 0.1) is 24.1 Å². The third-order valence-electron chi connectivity index (χ3n) is 6.09. The van der Waals surface area contributed by atoms with E-state index in [1.54, 1.807) is 37.3 Å².